The zero-order valence-electron chi connectivity index (χ0n) is 16.8. The minimum atomic E-state index is -2.56. The summed E-state index contributed by atoms with van der Waals surface area (Å²) in [4.78, 5) is 14.9. The van der Waals surface area contributed by atoms with Gasteiger partial charge in [0.25, 0.3) is 5.91 Å². The van der Waals surface area contributed by atoms with E-state index in [0.29, 0.717) is 36.3 Å². The number of rotatable bonds is 6. The highest BCUT2D eigenvalue weighted by atomic mass is 35.5. The Bertz CT molecular complexity index is 699. The maximum atomic E-state index is 13.3. The Hall–Kier alpha value is -0.760. The molecule has 1 aromatic heterocycles. The predicted octanol–water partition coefficient (Wildman–Crippen LogP) is 4.66. The Morgan fingerprint density at radius 3 is 2.62 bits per heavy atom. The molecule has 0 spiro atoms. The monoisotopic (exact) mass is 448 g/mol. The second-order valence-corrected chi connectivity index (χ2v) is 9.92. The fraction of sp³-hybridized carbons (Fsp3) is 0.762. The molecule has 164 valence electrons. The van der Waals surface area contributed by atoms with Crippen molar-refractivity contribution in [2.45, 2.75) is 75.8 Å². The first-order chi connectivity index (χ1) is 13.4. The predicted molar refractivity (Wildman–Crippen MR) is 114 cm³/mol. The third-order valence-corrected chi connectivity index (χ3v) is 7.58. The second-order valence-electron chi connectivity index (χ2n) is 8.64. The lowest BCUT2D eigenvalue weighted by Crippen LogP contribution is -2.40. The van der Waals surface area contributed by atoms with Crippen LogP contribution in [0.15, 0.2) is 6.07 Å². The van der Waals surface area contributed by atoms with Crippen molar-refractivity contribution in [2.75, 3.05) is 19.8 Å². The molecule has 8 heteroatoms. The van der Waals surface area contributed by atoms with Crippen molar-refractivity contribution in [3.63, 3.8) is 0 Å². The topological polar surface area (TPSA) is 50.4 Å². The molecule has 2 aliphatic carbocycles. The Kier molecular flexibility index (Phi) is 7.57. The number of carbonyl (C=O) groups excluding carboxylic acids is 1. The van der Waals surface area contributed by atoms with Gasteiger partial charge in [-0.3, -0.25) is 4.79 Å². The molecule has 2 N–H and O–H groups in total. The van der Waals surface area contributed by atoms with E-state index < -0.39 is 5.92 Å². The van der Waals surface area contributed by atoms with Crippen LogP contribution in [0.25, 0.3) is 0 Å². The maximum absolute atomic E-state index is 13.3. The molecule has 0 bridgehead atoms. The number of halogens is 3. The van der Waals surface area contributed by atoms with Gasteiger partial charge in [-0.15, -0.1) is 23.7 Å². The molecule has 1 amide bonds. The van der Waals surface area contributed by atoms with Crippen molar-refractivity contribution in [3.8, 4) is 0 Å². The van der Waals surface area contributed by atoms with Gasteiger partial charge in [-0.25, -0.2) is 8.78 Å². The van der Waals surface area contributed by atoms with Gasteiger partial charge in [0.2, 0.25) is 5.92 Å². The van der Waals surface area contributed by atoms with Crippen LogP contribution in [0.5, 0.6) is 0 Å². The van der Waals surface area contributed by atoms with E-state index in [4.69, 9.17) is 4.74 Å². The van der Waals surface area contributed by atoms with Crippen molar-refractivity contribution in [1.82, 2.24) is 10.6 Å². The number of thiophene rings is 1. The largest absolute Gasteiger partial charge is 0.381 e. The van der Waals surface area contributed by atoms with Gasteiger partial charge in [0.1, 0.15) is 0 Å². The Labute approximate surface area is 181 Å². The van der Waals surface area contributed by atoms with E-state index in [9.17, 15) is 13.6 Å². The maximum Gasteiger partial charge on any atom is 0.252 e. The summed E-state index contributed by atoms with van der Waals surface area (Å²) in [6.45, 7) is 4.78. The molecule has 1 aliphatic heterocycles. The first-order valence-corrected chi connectivity index (χ1v) is 11.3. The van der Waals surface area contributed by atoms with Crippen LogP contribution < -0.4 is 10.6 Å². The first kappa shape index (κ1) is 22.9. The Balaban J connectivity index is 0.00000240. The number of hydrogen-bond acceptors (Lipinski definition) is 4. The van der Waals surface area contributed by atoms with Crippen molar-refractivity contribution in [3.05, 3.63) is 21.4 Å². The van der Waals surface area contributed by atoms with Crippen molar-refractivity contribution < 1.29 is 18.3 Å². The van der Waals surface area contributed by atoms with Crippen LogP contribution in [-0.2, 0) is 4.74 Å². The first-order valence-electron chi connectivity index (χ1n) is 10.5. The molecule has 4 rings (SSSR count). The van der Waals surface area contributed by atoms with Gasteiger partial charge in [-0.2, -0.15) is 0 Å². The van der Waals surface area contributed by atoms with Crippen molar-refractivity contribution >= 4 is 29.7 Å². The molecule has 1 saturated heterocycles. The van der Waals surface area contributed by atoms with Crippen LogP contribution in [0.3, 0.4) is 0 Å². The zero-order valence-corrected chi connectivity index (χ0v) is 18.5. The smallest absolute Gasteiger partial charge is 0.252 e. The number of amides is 1. The summed E-state index contributed by atoms with van der Waals surface area (Å²) >= 11 is 1.70. The summed E-state index contributed by atoms with van der Waals surface area (Å²) in [5, 5.41) is 6.66. The summed E-state index contributed by atoms with van der Waals surface area (Å²) in [6, 6.07) is 2.40. The van der Waals surface area contributed by atoms with E-state index >= 15 is 0 Å². The zero-order chi connectivity index (χ0) is 19.7. The highest BCUT2D eigenvalue weighted by Crippen LogP contribution is 2.45. The number of alkyl halides is 2. The molecule has 0 unspecified atom stereocenters. The quantitative estimate of drug-likeness (QED) is 0.665. The Morgan fingerprint density at radius 1 is 1.24 bits per heavy atom. The molecule has 0 aromatic carbocycles. The third kappa shape index (κ3) is 5.90. The summed E-state index contributed by atoms with van der Waals surface area (Å²) in [7, 11) is 0. The van der Waals surface area contributed by atoms with E-state index in [1.165, 1.54) is 4.88 Å². The van der Waals surface area contributed by atoms with Gasteiger partial charge in [0.15, 0.2) is 0 Å². The number of hydrogen-bond donors (Lipinski definition) is 2. The molecule has 3 fully saturated rings. The lowest BCUT2D eigenvalue weighted by Gasteiger charge is -2.28. The summed E-state index contributed by atoms with van der Waals surface area (Å²) in [5.74, 6) is -1.46. The molecular weight excluding hydrogens is 418 g/mol. The molecule has 1 aromatic rings. The van der Waals surface area contributed by atoms with Crippen molar-refractivity contribution in [2.24, 2.45) is 5.92 Å². The Morgan fingerprint density at radius 2 is 1.93 bits per heavy atom. The van der Waals surface area contributed by atoms with E-state index in [2.05, 4.69) is 10.6 Å². The SMILES string of the molecule is Cc1sc([C@@H]2C[C@H]2NCC2CCOCC2)cc1C(=O)NC1CCC(F)(F)CC1.Cl. The number of ether oxygens (including phenoxy) is 1. The minimum absolute atomic E-state index is 0. The minimum Gasteiger partial charge on any atom is -0.381 e. The number of carbonyl (C=O) groups is 1. The van der Waals surface area contributed by atoms with E-state index in [0.717, 1.165) is 43.9 Å². The summed E-state index contributed by atoms with van der Waals surface area (Å²) in [6.07, 6.45) is 3.86. The van der Waals surface area contributed by atoms with Gasteiger partial charge in [0, 0.05) is 53.8 Å². The molecule has 0 radical (unpaired) electrons. The fourth-order valence-electron chi connectivity index (χ4n) is 4.36. The molecule has 2 heterocycles. The van der Waals surface area contributed by atoms with Crippen LogP contribution in [0.4, 0.5) is 8.78 Å². The van der Waals surface area contributed by atoms with Crippen LogP contribution in [-0.4, -0.2) is 43.7 Å². The van der Waals surface area contributed by atoms with Gasteiger partial charge in [0.05, 0.1) is 5.56 Å². The molecule has 4 nitrogen and oxygen atoms in total. The van der Waals surface area contributed by atoms with Gasteiger partial charge in [-0.05, 0) is 57.6 Å². The number of nitrogens with one attached hydrogen (secondary N) is 2. The highest BCUT2D eigenvalue weighted by Gasteiger charge is 2.40. The molecule has 2 atom stereocenters. The van der Waals surface area contributed by atoms with Crippen LogP contribution in [0, 0.1) is 12.8 Å². The average molecular weight is 449 g/mol. The molecule has 3 aliphatic rings. The summed E-state index contributed by atoms with van der Waals surface area (Å²) < 4.78 is 32.0. The molecule has 29 heavy (non-hydrogen) atoms. The standard InChI is InChI=1S/C21H30F2N2O2S.ClH/c1-13-16(20(26)25-15-2-6-21(22,23)7-3-15)11-19(28-13)17-10-18(17)24-12-14-4-8-27-9-5-14;/h11,14-15,17-18,24H,2-10,12H2,1H3,(H,25,26);1H/t17-,18-;/m1./s1. The van der Waals surface area contributed by atoms with Gasteiger partial charge >= 0.3 is 0 Å². The lowest BCUT2D eigenvalue weighted by atomic mass is 9.92. The van der Waals surface area contributed by atoms with E-state index in [-0.39, 0.29) is 37.2 Å². The van der Waals surface area contributed by atoms with E-state index in [1.54, 1.807) is 11.3 Å². The lowest BCUT2D eigenvalue weighted by molar-refractivity contribution is -0.0399. The van der Waals surface area contributed by atoms with Gasteiger partial charge < -0.3 is 15.4 Å². The van der Waals surface area contributed by atoms with Crippen LogP contribution in [0.2, 0.25) is 0 Å². The summed E-state index contributed by atoms with van der Waals surface area (Å²) in [5.41, 5.74) is 0.715. The fourth-order valence-corrected chi connectivity index (χ4v) is 5.57. The molecular formula is C21H31ClF2N2O2S. The normalized spacial score (nSPS) is 27.3. The van der Waals surface area contributed by atoms with Gasteiger partial charge in [-0.1, -0.05) is 0 Å². The van der Waals surface area contributed by atoms with Crippen LogP contribution in [0.1, 0.15) is 71.0 Å². The number of aryl methyl sites for hydroxylation is 1. The highest BCUT2D eigenvalue weighted by molar-refractivity contribution is 7.12. The average Bonchev–Trinajstić information content (AvgIpc) is 3.35. The second kappa shape index (κ2) is 9.58. The van der Waals surface area contributed by atoms with Crippen LogP contribution >= 0.6 is 23.7 Å². The molecule has 2 saturated carbocycles. The third-order valence-electron chi connectivity index (χ3n) is 6.40. The van der Waals surface area contributed by atoms with Crippen molar-refractivity contribution in [1.29, 1.82) is 0 Å². The van der Waals surface area contributed by atoms with E-state index in [1.807, 2.05) is 13.0 Å².